The number of rotatable bonds is 1. The third-order valence-corrected chi connectivity index (χ3v) is 1.68. The van der Waals surface area contributed by atoms with Crippen LogP contribution in [0.5, 0.6) is 0 Å². The Labute approximate surface area is 86.3 Å². The van der Waals surface area contributed by atoms with E-state index in [-0.39, 0.29) is 0 Å². The fraction of sp³-hybridized carbons (Fsp3) is 0.250. The number of anilines is 1. The van der Waals surface area contributed by atoms with Crippen LogP contribution in [0.4, 0.5) is 27.6 Å². The molecule has 0 aliphatic rings. The standard InChI is InChI=1S/C8H4F5N3/c9-7(10)4-1-3(15)6(8(11,12)13)5(2-14)16-4/h1,7H,(H2,15,16). The molecule has 8 heteroatoms. The van der Waals surface area contributed by atoms with Crippen molar-refractivity contribution in [3.63, 3.8) is 0 Å². The first-order valence-corrected chi connectivity index (χ1v) is 3.83. The Morgan fingerprint density at radius 2 is 1.94 bits per heavy atom. The maximum atomic E-state index is 12.4. The van der Waals surface area contributed by atoms with Gasteiger partial charge in [-0.3, -0.25) is 0 Å². The highest BCUT2D eigenvalue weighted by molar-refractivity contribution is 5.55. The van der Waals surface area contributed by atoms with Crippen molar-refractivity contribution >= 4 is 5.69 Å². The van der Waals surface area contributed by atoms with E-state index in [9.17, 15) is 22.0 Å². The molecule has 0 unspecified atom stereocenters. The Morgan fingerprint density at radius 1 is 1.38 bits per heavy atom. The van der Waals surface area contributed by atoms with E-state index in [0.29, 0.717) is 6.07 Å². The third kappa shape index (κ3) is 2.18. The van der Waals surface area contributed by atoms with Gasteiger partial charge in [0.15, 0.2) is 5.69 Å². The lowest BCUT2D eigenvalue weighted by Gasteiger charge is -2.12. The van der Waals surface area contributed by atoms with Crippen LogP contribution in [-0.4, -0.2) is 4.98 Å². The second-order valence-electron chi connectivity index (χ2n) is 2.77. The van der Waals surface area contributed by atoms with Crippen molar-refractivity contribution in [2.45, 2.75) is 12.6 Å². The summed E-state index contributed by atoms with van der Waals surface area (Å²) in [6.45, 7) is 0. The van der Waals surface area contributed by atoms with Crippen LogP contribution < -0.4 is 5.73 Å². The summed E-state index contributed by atoms with van der Waals surface area (Å²) in [5, 5.41) is 8.40. The van der Waals surface area contributed by atoms with Crippen LogP contribution in [0.25, 0.3) is 0 Å². The number of hydrogen-bond acceptors (Lipinski definition) is 3. The van der Waals surface area contributed by atoms with Crippen LogP contribution in [0.2, 0.25) is 0 Å². The highest BCUT2D eigenvalue weighted by Gasteiger charge is 2.37. The van der Waals surface area contributed by atoms with E-state index in [2.05, 4.69) is 4.98 Å². The minimum absolute atomic E-state index is 0.411. The molecule has 0 saturated heterocycles. The van der Waals surface area contributed by atoms with Crippen LogP contribution in [0.1, 0.15) is 23.4 Å². The first-order valence-electron chi connectivity index (χ1n) is 3.83. The summed E-state index contributed by atoms with van der Waals surface area (Å²) in [7, 11) is 0. The van der Waals surface area contributed by atoms with Gasteiger partial charge < -0.3 is 5.73 Å². The monoisotopic (exact) mass is 237 g/mol. The molecule has 0 bridgehead atoms. The molecule has 0 saturated carbocycles. The van der Waals surface area contributed by atoms with Gasteiger partial charge in [-0.2, -0.15) is 18.4 Å². The number of pyridine rings is 1. The van der Waals surface area contributed by atoms with Gasteiger partial charge in [-0.05, 0) is 6.07 Å². The number of hydrogen-bond donors (Lipinski definition) is 1. The quantitative estimate of drug-likeness (QED) is 0.763. The molecule has 3 nitrogen and oxygen atoms in total. The van der Waals surface area contributed by atoms with E-state index < -0.39 is 35.2 Å². The molecule has 1 rings (SSSR count). The van der Waals surface area contributed by atoms with Crippen molar-refractivity contribution in [2.75, 3.05) is 5.73 Å². The highest BCUT2D eigenvalue weighted by Crippen LogP contribution is 2.36. The number of nitrogen functional groups attached to an aromatic ring is 1. The molecule has 1 aromatic heterocycles. The lowest BCUT2D eigenvalue weighted by Crippen LogP contribution is -2.14. The summed E-state index contributed by atoms with van der Waals surface area (Å²) in [6.07, 6.45) is -7.99. The first kappa shape index (κ1) is 12.2. The Balaban J connectivity index is 3.49. The molecule has 1 heterocycles. The number of nitrogens with zero attached hydrogens (tertiary/aromatic N) is 2. The van der Waals surface area contributed by atoms with E-state index >= 15 is 0 Å². The molecule has 16 heavy (non-hydrogen) atoms. The van der Waals surface area contributed by atoms with Gasteiger partial charge in [0, 0.05) is 5.69 Å². The Morgan fingerprint density at radius 3 is 2.31 bits per heavy atom. The number of nitriles is 1. The van der Waals surface area contributed by atoms with Gasteiger partial charge in [0.1, 0.15) is 17.3 Å². The zero-order chi connectivity index (χ0) is 12.5. The van der Waals surface area contributed by atoms with Gasteiger partial charge in [-0.15, -0.1) is 0 Å². The molecule has 0 aliphatic heterocycles. The summed E-state index contributed by atoms with van der Waals surface area (Å²) in [4.78, 5) is 2.91. The fourth-order valence-electron chi connectivity index (χ4n) is 1.08. The predicted octanol–water partition coefficient (Wildman–Crippen LogP) is 2.49. The smallest absolute Gasteiger partial charge is 0.398 e. The molecule has 0 aromatic carbocycles. The highest BCUT2D eigenvalue weighted by atomic mass is 19.4. The topological polar surface area (TPSA) is 62.7 Å². The molecule has 0 fully saturated rings. The summed E-state index contributed by atoms with van der Waals surface area (Å²) in [5.41, 5.74) is 0.448. The van der Waals surface area contributed by atoms with E-state index in [1.54, 1.807) is 0 Å². The molecule has 0 aliphatic carbocycles. The number of halogens is 5. The average Bonchev–Trinajstić information content (AvgIpc) is 2.14. The summed E-state index contributed by atoms with van der Waals surface area (Å²) < 4.78 is 61.5. The van der Waals surface area contributed by atoms with Crippen molar-refractivity contribution in [3.8, 4) is 6.07 Å². The lowest BCUT2D eigenvalue weighted by atomic mass is 10.1. The molecular formula is C8H4F5N3. The molecular weight excluding hydrogens is 233 g/mol. The van der Waals surface area contributed by atoms with Crippen molar-refractivity contribution in [2.24, 2.45) is 0 Å². The van der Waals surface area contributed by atoms with Crippen LogP contribution in [0.3, 0.4) is 0 Å². The van der Waals surface area contributed by atoms with Crippen LogP contribution >= 0.6 is 0 Å². The fourth-order valence-corrected chi connectivity index (χ4v) is 1.08. The van der Waals surface area contributed by atoms with Gasteiger partial charge in [-0.25, -0.2) is 13.8 Å². The summed E-state index contributed by atoms with van der Waals surface area (Å²) in [6, 6.07) is 1.50. The van der Waals surface area contributed by atoms with Crippen LogP contribution in [-0.2, 0) is 6.18 Å². The number of nitrogens with two attached hydrogens (primary N) is 1. The SMILES string of the molecule is N#Cc1nc(C(F)F)cc(N)c1C(F)(F)F. The van der Waals surface area contributed by atoms with Crippen LogP contribution in [0, 0.1) is 11.3 Å². The zero-order valence-electron chi connectivity index (χ0n) is 7.52. The third-order valence-electron chi connectivity index (χ3n) is 1.68. The molecule has 0 radical (unpaired) electrons. The van der Waals surface area contributed by atoms with Gasteiger partial charge in [0.25, 0.3) is 6.43 Å². The van der Waals surface area contributed by atoms with Crippen molar-refractivity contribution < 1.29 is 22.0 Å². The maximum Gasteiger partial charge on any atom is 0.421 e. The van der Waals surface area contributed by atoms with Crippen molar-refractivity contribution in [3.05, 3.63) is 23.0 Å². The maximum absolute atomic E-state index is 12.4. The minimum Gasteiger partial charge on any atom is -0.398 e. The average molecular weight is 237 g/mol. The van der Waals surface area contributed by atoms with Gasteiger partial charge >= 0.3 is 6.18 Å². The van der Waals surface area contributed by atoms with Crippen molar-refractivity contribution in [1.29, 1.82) is 5.26 Å². The molecule has 0 atom stereocenters. The van der Waals surface area contributed by atoms with Gasteiger partial charge in [0.2, 0.25) is 0 Å². The largest absolute Gasteiger partial charge is 0.421 e. The Kier molecular flexibility index (Phi) is 2.98. The summed E-state index contributed by atoms with van der Waals surface area (Å²) >= 11 is 0. The van der Waals surface area contributed by atoms with E-state index in [1.165, 1.54) is 0 Å². The van der Waals surface area contributed by atoms with Gasteiger partial charge in [-0.1, -0.05) is 0 Å². The zero-order valence-corrected chi connectivity index (χ0v) is 7.52. The van der Waals surface area contributed by atoms with E-state index in [0.717, 1.165) is 6.07 Å². The Bertz CT molecular complexity index is 446. The van der Waals surface area contributed by atoms with E-state index in [4.69, 9.17) is 11.0 Å². The number of aromatic nitrogens is 1. The molecule has 86 valence electrons. The van der Waals surface area contributed by atoms with E-state index in [1.807, 2.05) is 0 Å². The van der Waals surface area contributed by atoms with Gasteiger partial charge in [0.05, 0.1) is 0 Å². The molecule has 0 amide bonds. The molecule has 2 N–H and O–H groups in total. The van der Waals surface area contributed by atoms with Crippen molar-refractivity contribution in [1.82, 2.24) is 4.98 Å². The predicted molar refractivity (Wildman–Crippen MR) is 43.3 cm³/mol. The second kappa shape index (κ2) is 3.92. The first-order chi connectivity index (χ1) is 7.27. The van der Waals surface area contributed by atoms with Crippen LogP contribution in [0.15, 0.2) is 6.07 Å². The Hall–Kier alpha value is -1.91. The second-order valence-corrected chi connectivity index (χ2v) is 2.77. The normalized spacial score (nSPS) is 11.6. The molecule has 1 aromatic rings. The number of alkyl halides is 5. The summed E-state index contributed by atoms with van der Waals surface area (Å²) in [5.74, 6) is 0. The molecule has 0 spiro atoms. The lowest BCUT2D eigenvalue weighted by molar-refractivity contribution is -0.137. The minimum atomic E-state index is -4.90.